The van der Waals surface area contributed by atoms with Gasteiger partial charge in [-0.05, 0) is 43.7 Å². The highest BCUT2D eigenvalue weighted by Crippen LogP contribution is 2.24. The van der Waals surface area contributed by atoms with Gasteiger partial charge in [-0.3, -0.25) is 0 Å². The van der Waals surface area contributed by atoms with E-state index in [1.54, 1.807) is 17.4 Å². The Hall–Kier alpha value is -0.900. The molecule has 1 atom stereocenters. The number of benzene rings is 1. The maximum absolute atomic E-state index is 13.0. The van der Waals surface area contributed by atoms with Gasteiger partial charge in [0.1, 0.15) is 5.82 Å². The highest BCUT2D eigenvalue weighted by atomic mass is 35.5. The molecule has 0 saturated heterocycles. The van der Waals surface area contributed by atoms with Crippen molar-refractivity contribution >= 4 is 22.9 Å². The van der Waals surface area contributed by atoms with Gasteiger partial charge in [0.25, 0.3) is 0 Å². The van der Waals surface area contributed by atoms with E-state index in [2.05, 4.69) is 24.4 Å². The van der Waals surface area contributed by atoms with Gasteiger partial charge in [0.05, 0.1) is 0 Å². The summed E-state index contributed by atoms with van der Waals surface area (Å²) in [6.07, 6.45) is 0. The molecule has 1 aromatic heterocycles. The van der Waals surface area contributed by atoms with Crippen LogP contribution < -0.4 is 5.32 Å². The van der Waals surface area contributed by atoms with Gasteiger partial charge in [-0.15, -0.1) is 11.3 Å². The molecule has 0 aliphatic carbocycles. The van der Waals surface area contributed by atoms with Crippen LogP contribution in [0.15, 0.2) is 30.3 Å². The standard InChI is InChI=1S/C14H15ClFNS/c1-9-3-5-12(18-9)8-17-10(2)13-6-4-11(16)7-14(13)15/h3-7,10,17H,8H2,1-2H3. The molecule has 0 spiro atoms. The SMILES string of the molecule is Cc1ccc(CNC(C)c2ccc(F)cc2Cl)s1. The van der Waals surface area contributed by atoms with E-state index in [1.807, 2.05) is 6.92 Å². The lowest BCUT2D eigenvalue weighted by molar-refractivity contribution is 0.575. The topological polar surface area (TPSA) is 12.0 Å². The monoisotopic (exact) mass is 283 g/mol. The molecule has 1 N–H and O–H groups in total. The second-order valence-electron chi connectivity index (χ2n) is 4.28. The van der Waals surface area contributed by atoms with Crippen molar-refractivity contribution in [1.29, 1.82) is 0 Å². The van der Waals surface area contributed by atoms with Gasteiger partial charge in [0.15, 0.2) is 0 Å². The lowest BCUT2D eigenvalue weighted by Gasteiger charge is -2.15. The summed E-state index contributed by atoms with van der Waals surface area (Å²) < 4.78 is 13.0. The van der Waals surface area contributed by atoms with Gasteiger partial charge in [0.2, 0.25) is 0 Å². The molecular formula is C14H15ClFNS. The Kier molecular flexibility index (Phi) is 4.38. The average Bonchev–Trinajstić information content (AvgIpc) is 2.72. The van der Waals surface area contributed by atoms with Crippen molar-refractivity contribution in [1.82, 2.24) is 5.32 Å². The van der Waals surface area contributed by atoms with Gasteiger partial charge < -0.3 is 5.32 Å². The van der Waals surface area contributed by atoms with Crippen LogP contribution in [-0.4, -0.2) is 0 Å². The first kappa shape index (κ1) is 13.5. The third-order valence-electron chi connectivity index (χ3n) is 2.81. The minimum Gasteiger partial charge on any atom is -0.305 e. The molecule has 0 amide bonds. The third-order valence-corrected chi connectivity index (χ3v) is 4.14. The Labute approximate surface area is 116 Å². The molecule has 0 aliphatic rings. The summed E-state index contributed by atoms with van der Waals surface area (Å²) in [5.41, 5.74) is 0.923. The summed E-state index contributed by atoms with van der Waals surface area (Å²) in [4.78, 5) is 2.59. The first-order valence-electron chi connectivity index (χ1n) is 5.80. The molecule has 1 unspecified atom stereocenters. The number of nitrogens with one attached hydrogen (secondary N) is 1. The number of rotatable bonds is 4. The fourth-order valence-electron chi connectivity index (χ4n) is 1.80. The average molecular weight is 284 g/mol. The number of thiophene rings is 1. The fourth-order valence-corrected chi connectivity index (χ4v) is 2.97. The molecule has 0 bridgehead atoms. The number of hydrogen-bond donors (Lipinski definition) is 1. The van der Waals surface area contributed by atoms with Crippen LogP contribution in [0.25, 0.3) is 0 Å². The van der Waals surface area contributed by atoms with Gasteiger partial charge >= 0.3 is 0 Å². The fraction of sp³-hybridized carbons (Fsp3) is 0.286. The van der Waals surface area contributed by atoms with Crippen LogP contribution >= 0.6 is 22.9 Å². The molecule has 1 aromatic carbocycles. The lowest BCUT2D eigenvalue weighted by atomic mass is 10.1. The van der Waals surface area contributed by atoms with Gasteiger partial charge in [-0.2, -0.15) is 0 Å². The van der Waals surface area contributed by atoms with Crippen LogP contribution in [0.5, 0.6) is 0 Å². The van der Waals surface area contributed by atoms with E-state index in [-0.39, 0.29) is 11.9 Å². The predicted octanol–water partition coefficient (Wildman–Crippen LogP) is 4.70. The van der Waals surface area contributed by atoms with E-state index in [4.69, 9.17) is 11.6 Å². The van der Waals surface area contributed by atoms with Crippen molar-refractivity contribution in [2.75, 3.05) is 0 Å². The Bertz CT molecular complexity index is 538. The third kappa shape index (κ3) is 3.31. The normalized spacial score (nSPS) is 12.7. The van der Waals surface area contributed by atoms with Crippen molar-refractivity contribution in [3.63, 3.8) is 0 Å². The number of aryl methyl sites for hydroxylation is 1. The molecule has 0 fully saturated rings. The van der Waals surface area contributed by atoms with Crippen LogP contribution in [0.1, 0.15) is 28.3 Å². The van der Waals surface area contributed by atoms with E-state index in [9.17, 15) is 4.39 Å². The molecule has 18 heavy (non-hydrogen) atoms. The van der Waals surface area contributed by atoms with Crippen molar-refractivity contribution in [3.05, 3.63) is 56.5 Å². The highest BCUT2D eigenvalue weighted by Gasteiger charge is 2.10. The number of hydrogen-bond acceptors (Lipinski definition) is 2. The Morgan fingerprint density at radius 2 is 2.11 bits per heavy atom. The van der Waals surface area contributed by atoms with Crippen molar-refractivity contribution in [2.24, 2.45) is 0 Å². The van der Waals surface area contributed by atoms with Crippen LogP contribution in [-0.2, 0) is 6.54 Å². The smallest absolute Gasteiger partial charge is 0.124 e. The molecule has 4 heteroatoms. The van der Waals surface area contributed by atoms with E-state index < -0.39 is 0 Å². The summed E-state index contributed by atoms with van der Waals surface area (Å²) >= 11 is 7.81. The summed E-state index contributed by atoms with van der Waals surface area (Å²) in [6.45, 7) is 4.92. The van der Waals surface area contributed by atoms with Crippen LogP contribution in [0, 0.1) is 12.7 Å². The highest BCUT2D eigenvalue weighted by molar-refractivity contribution is 7.11. The Morgan fingerprint density at radius 1 is 1.33 bits per heavy atom. The van der Waals surface area contributed by atoms with E-state index >= 15 is 0 Å². The minimum atomic E-state index is -0.301. The number of halogens is 2. The largest absolute Gasteiger partial charge is 0.305 e. The van der Waals surface area contributed by atoms with E-state index in [1.165, 1.54) is 21.9 Å². The Balaban J connectivity index is 2.01. The first-order chi connectivity index (χ1) is 8.56. The summed E-state index contributed by atoms with van der Waals surface area (Å²) in [6, 6.07) is 8.84. The molecule has 0 radical (unpaired) electrons. The minimum absolute atomic E-state index is 0.0977. The zero-order valence-corrected chi connectivity index (χ0v) is 11.9. The van der Waals surface area contributed by atoms with Gasteiger partial charge in [-0.1, -0.05) is 17.7 Å². The molecule has 0 aliphatic heterocycles. The predicted molar refractivity (Wildman–Crippen MR) is 75.7 cm³/mol. The molecule has 96 valence electrons. The molecule has 1 nitrogen and oxygen atoms in total. The molecule has 0 saturated carbocycles. The maximum Gasteiger partial charge on any atom is 0.124 e. The van der Waals surface area contributed by atoms with Crippen LogP contribution in [0.2, 0.25) is 5.02 Å². The Morgan fingerprint density at radius 3 is 2.72 bits per heavy atom. The van der Waals surface area contributed by atoms with Crippen molar-refractivity contribution < 1.29 is 4.39 Å². The van der Waals surface area contributed by atoms with Crippen LogP contribution in [0.3, 0.4) is 0 Å². The van der Waals surface area contributed by atoms with Gasteiger partial charge in [0, 0.05) is 27.4 Å². The lowest BCUT2D eigenvalue weighted by Crippen LogP contribution is -2.17. The van der Waals surface area contributed by atoms with Gasteiger partial charge in [-0.25, -0.2) is 4.39 Å². The molecule has 1 heterocycles. The van der Waals surface area contributed by atoms with Crippen molar-refractivity contribution in [3.8, 4) is 0 Å². The molecule has 2 aromatic rings. The second kappa shape index (κ2) is 5.83. The molecule has 2 rings (SSSR count). The quantitative estimate of drug-likeness (QED) is 0.858. The summed E-state index contributed by atoms with van der Waals surface area (Å²) in [7, 11) is 0. The zero-order valence-electron chi connectivity index (χ0n) is 10.3. The molecular weight excluding hydrogens is 269 g/mol. The van der Waals surface area contributed by atoms with E-state index in [0.717, 1.165) is 12.1 Å². The first-order valence-corrected chi connectivity index (χ1v) is 6.99. The maximum atomic E-state index is 13.0. The van der Waals surface area contributed by atoms with Crippen LogP contribution in [0.4, 0.5) is 4.39 Å². The van der Waals surface area contributed by atoms with Crippen molar-refractivity contribution in [2.45, 2.75) is 26.4 Å². The summed E-state index contributed by atoms with van der Waals surface area (Å²) in [5, 5.41) is 3.86. The second-order valence-corrected chi connectivity index (χ2v) is 6.06. The zero-order chi connectivity index (χ0) is 13.1. The van der Waals surface area contributed by atoms with E-state index in [0.29, 0.717) is 5.02 Å². The summed E-state index contributed by atoms with van der Waals surface area (Å²) in [5.74, 6) is -0.301.